The molecule has 1 aliphatic heterocycles. The lowest BCUT2D eigenvalue weighted by molar-refractivity contribution is -0.147. The first-order valence-corrected chi connectivity index (χ1v) is 9.02. The van der Waals surface area contributed by atoms with Crippen LogP contribution in [0.15, 0.2) is 16.8 Å². The van der Waals surface area contributed by atoms with Crippen LogP contribution in [-0.4, -0.2) is 37.6 Å². The van der Waals surface area contributed by atoms with E-state index >= 15 is 0 Å². The summed E-state index contributed by atoms with van der Waals surface area (Å²) < 4.78 is 5.15. The first-order valence-electron chi connectivity index (χ1n) is 8.08. The number of carbonyl (C=O) groups excluding carboxylic acids is 1. The van der Waals surface area contributed by atoms with Gasteiger partial charge in [0.25, 0.3) is 0 Å². The second-order valence-electron chi connectivity index (χ2n) is 6.56. The molecule has 1 aliphatic carbocycles. The number of hydrogen-bond acceptors (Lipinski definition) is 4. The Labute approximate surface area is 131 Å². The predicted octanol–water partition coefficient (Wildman–Crippen LogP) is 3.44. The average molecular weight is 307 g/mol. The number of nitrogens with zero attached hydrogens (tertiary/aromatic N) is 1. The molecule has 1 aromatic rings. The Hall–Kier alpha value is -0.870. The van der Waals surface area contributed by atoms with Crippen LogP contribution in [0, 0.1) is 5.92 Å². The summed E-state index contributed by atoms with van der Waals surface area (Å²) in [6.07, 6.45) is 7.07. The Morgan fingerprint density at radius 2 is 2.24 bits per heavy atom. The Morgan fingerprint density at radius 3 is 2.90 bits per heavy atom. The van der Waals surface area contributed by atoms with Gasteiger partial charge in [0, 0.05) is 6.54 Å². The monoisotopic (exact) mass is 307 g/mol. The van der Waals surface area contributed by atoms with Gasteiger partial charge >= 0.3 is 5.97 Å². The number of methoxy groups -OCH3 is 1. The largest absolute Gasteiger partial charge is 0.468 e. The van der Waals surface area contributed by atoms with Gasteiger partial charge in [-0.25, -0.2) is 0 Å². The van der Waals surface area contributed by atoms with E-state index < -0.39 is 0 Å². The standard InChI is InChI=1S/C17H25NO2S/c1-20-16(19)17(15-6-10-21-13-15)7-5-14(11-17)12-18-8-3-2-4-9-18/h6,10,13-14H,2-5,7-9,11-12H2,1H3. The van der Waals surface area contributed by atoms with Crippen LogP contribution in [0.2, 0.25) is 0 Å². The summed E-state index contributed by atoms with van der Waals surface area (Å²) in [5.41, 5.74) is 0.787. The van der Waals surface area contributed by atoms with E-state index in [2.05, 4.69) is 21.7 Å². The van der Waals surface area contributed by atoms with Gasteiger partial charge in [-0.3, -0.25) is 4.79 Å². The van der Waals surface area contributed by atoms with Crippen molar-refractivity contribution in [2.45, 2.75) is 43.9 Å². The van der Waals surface area contributed by atoms with E-state index in [4.69, 9.17) is 4.74 Å². The number of ether oxygens (including phenoxy) is 1. The second kappa shape index (κ2) is 6.49. The Kier molecular flexibility index (Phi) is 4.65. The molecule has 2 aliphatic rings. The molecule has 3 rings (SSSR count). The highest BCUT2D eigenvalue weighted by Gasteiger charge is 2.48. The molecular formula is C17H25NO2S. The van der Waals surface area contributed by atoms with E-state index in [0.29, 0.717) is 5.92 Å². The van der Waals surface area contributed by atoms with Crippen molar-refractivity contribution >= 4 is 17.3 Å². The smallest absolute Gasteiger partial charge is 0.316 e. The van der Waals surface area contributed by atoms with Crippen molar-refractivity contribution < 1.29 is 9.53 Å². The number of hydrogen-bond donors (Lipinski definition) is 0. The highest BCUT2D eigenvalue weighted by Crippen LogP contribution is 2.46. The molecule has 0 N–H and O–H groups in total. The summed E-state index contributed by atoms with van der Waals surface area (Å²) in [4.78, 5) is 15.0. The van der Waals surface area contributed by atoms with Gasteiger partial charge in [-0.2, -0.15) is 11.3 Å². The maximum absolute atomic E-state index is 12.4. The number of thiophene rings is 1. The van der Waals surface area contributed by atoms with Crippen LogP contribution in [0.25, 0.3) is 0 Å². The molecule has 2 heterocycles. The maximum Gasteiger partial charge on any atom is 0.316 e. The zero-order chi connectivity index (χ0) is 14.7. The van der Waals surface area contributed by atoms with Gasteiger partial charge in [0.2, 0.25) is 0 Å². The third-order valence-electron chi connectivity index (χ3n) is 5.23. The first kappa shape index (κ1) is 15.0. The molecule has 2 unspecified atom stereocenters. The van der Waals surface area contributed by atoms with Crippen LogP contribution >= 0.6 is 11.3 Å². The minimum atomic E-state index is -0.380. The van der Waals surface area contributed by atoms with Crippen molar-refractivity contribution in [3.05, 3.63) is 22.4 Å². The van der Waals surface area contributed by atoms with Crippen molar-refractivity contribution in [2.24, 2.45) is 5.92 Å². The van der Waals surface area contributed by atoms with Gasteiger partial charge < -0.3 is 9.64 Å². The lowest BCUT2D eigenvalue weighted by atomic mass is 9.79. The topological polar surface area (TPSA) is 29.5 Å². The zero-order valence-corrected chi connectivity index (χ0v) is 13.7. The van der Waals surface area contributed by atoms with E-state index in [1.807, 2.05) is 0 Å². The summed E-state index contributed by atoms with van der Waals surface area (Å²) in [6, 6.07) is 2.10. The minimum Gasteiger partial charge on any atom is -0.468 e. The third kappa shape index (κ3) is 3.02. The Balaban J connectivity index is 1.70. The Bertz CT molecular complexity index is 467. The fourth-order valence-electron chi connectivity index (χ4n) is 4.11. The number of piperidine rings is 1. The lowest BCUT2D eigenvalue weighted by Crippen LogP contribution is -2.37. The van der Waals surface area contributed by atoms with Crippen molar-refractivity contribution in [1.82, 2.24) is 4.90 Å². The number of likely N-dealkylation sites (tertiary alicyclic amines) is 1. The van der Waals surface area contributed by atoms with E-state index in [0.717, 1.165) is 25.8 Å². The van der Waals surface area contributed by atoms with Gasteiger partial charge in [-0.15, -0.1) is 0 Å². The van der Waals surface area contributed by atoms with Crippen LogP contribution < -0.4 is 0 Å². The molecule has 4 heteroatoms. The minimum absolute atomic E-state index is 0.0398. The van der Waals surface area contributed by atoms with Crippen molar-refractivity contribution in [3.63, 3.8) is 0 Å². The molecule has 0 aromatic carbocycles. The van der Waals surface area contributed by atoms with Crippen molar-refractivity contribution in [2.75, 3.05) is 26.7 Å². The van der Waals surface area contributed by atoms with Gasteiger partial charge in [-0.05, 0) is 73.5 Å². The highest BCUT2D eigenvalue weighted by molar-refractivity contribution is 7.08. The van der Waals surface area contributed by atoms with E-state index in [1.165, 1.54) is 45.0 Å². The molecule has 1 saturated heterocycles. The second-order valence-corrected chi connectivity index (χ2v) is 7.34. The van der Waals surface area contributed by atoms with Crippen LogP contribution in [0.3, 0.4) is 0 Å². The summed E-state index contributed by atoms with van der Waals surface area (Å²) >= 11 is 1.67. The molecule has 21 heavy (non-hydrogen) atoms. The molecule has 0 amide bonds. The van der Waals surface area contributed by atoms with Crippen molar-refractivity contribution in [3.8, 4) is 0 Å². The summed E-state index contributed by atoms with van der Waals surface area (Å²) in [5, 5.41) is 4.19. The maximum atomic E-state index is 12.4. The van der Waals surface area contributed by atoms with E-state index in [1.54, 1.807) is 11.3 Å². The normalized spacial score (nSPS) is 30.4. The third-order valence-corrected chi connectivity index (χ3v) is 5.91. The molecule has 1 saturated carbocycles. The number of rotatable bonds is 4. The van der Waals surface area contributed by atoms with E-state index in [-0.39, 0.29) is 11.4 Å². The van der Waals surface area contributed by atoms with Crippen LogP contribution in [0.5, 0.6) is 0 Å². The molecule has 2 atom stereocenters. The number of carbonyl (C=O) groups is 1. The first-order chi connectivity index (χ1) is 10.2. The van der Waals surface area contributed by atoms with Crippen molar-refractivity contribution in [1.29, 1.82) is 0 Å². The molecule has 0 spiro atoms. The SMILES string of the molecule is COC(=O)C1(c2ccsc2)CCC(CN2CCCCC2)C1. The molecule has 0 radical (unpaired) electrons. The molecule has 2 fully saturated rings. The zero-order valence-electron chi connectivity index (χ0n) is 12.8. The predicted molar refractivity (Wildman–Crippen MR) is 85.6 cm³/mol. The fourth-order valence-corrected chi connectivity index (χ4v) is 4.86. The fraction of sp³-hybridized carbons (Fsp3) is 0.706. The summed E-state index contributed by atoms with van der Waals surface area (Å²) in [7, 11) is 1.52. The summed E-state index contributed by atoms with van der Waals surface area (Å²) in [6.45, 7) is 3.63. The van der Waals surface area contributed by atoms with E-state index in [9.17, 15) is 4.79 Å². The molecular weight excluding hydrogens is 282 g/mol. The highest BCUT2D eigenvalue weighted by atomic mass is 32.1. The van der Waals surface area contributed by atoms with Crippen LogP contribution in [0.4, 0.5) is 0 Å². The quantitative estimate of drug-likeness (QED) is 0.798. The van der Waals surface area contributed by atoms with Gasteiger partial charge in [-0.1, -0.05) is 6.42 Å². The van der Waals surface area contributed by atoms with Gasteiger partial charge in [0.15, 0.2) is 0 Å². The average Bonchev–Trinajstić information content (AvgIpc) is 3.17. The Morgan fingerprint density at radius 1 is 1.43 bits per heavy atom. The van der Waals surface area contributed by atoms with Crippen LogP contribution in [0.1, 0.15) is 44.1 Å². The van der Waals surface area contributed by atoms with Gasteiger partial charge in [0.05, 0.1) is 12.5 Å². The number of esters is 1. The summed E-state index contributed by atoms with van der Waals surface area (Å²) in [5.74, 6) is 0.587. The molecule has 1 aromatic heterocycles. The molecule has 0 bridgehead atoms. The van der Waals surface area contributed by atoms with Crippen LogP contribution in [-0.2, 0) is 14.9 Å². The molecule has 116 valence electrons. The van der Waals surface area contributed by atoms with Gasteiger partial charge in [0.1, 0.15) is 0 Å². The molecule has 3 nitrogen and oxygen atoms in total. The lowest BCUT2D eigenvalue weighted by Gasteiger charge is -2.30.